The molecule has 4 heteroatoms. The summed E-state index contributed by atoms with van der Waals surface area (Å²) in [7, 11) is 0. The Labute approximate surface area is 72.2 Å². The highest BCUT2D eigenvalue weighted by Crippen LogP contribution is 1.90. The fourth-order valence-electron chi connectivity index (χ4n) is 0.790. The summed E-state index contributed by atoms with van der Waals surface area (Å²) >= 11 is 0. The molecular weight excluding hydrogens is 152 g/mol. The maximum Gasteiger partial charge on any atom is 0.0769 e. The van der Waals surface area contributed by atoms with Gasteiger partial charge in [-0.15, -0.1) is 0 Å². The van der Waals surface area contributed by atoms with Crippen LogP contribution in [-0.4, -0.2) is 22.8 Å². The maximum absolute atomic E-state index is 5.44. The lowest BCUT2D eigenvalue weighted by Gasteiger charge is -2.09. The van der Waals surface area contributed by atoms with Gasteiger partial charge in [-0.25, -0.2) is 0 Å². The molecule has 0 aromatic carbocycles. The van der Waals surface area contributed by atoms with Crippen LogP contribution in [0.15, 0.2) is 18.3 Å². The van der Waals surface area contributed by atoms with Crippen molar-refractivity contribution in [3.05, 3.63) is 24.0 Å². The van der Waals surface area contributed by atoms with Crippen LogP contribution in [0.5, 0.6) is 0 Å². The molecule has 1 aromatic rings. The van der Waals surface area contributed by atoms with Crippen LogP contribution in [0, 0.1) is 0 Å². The number of nitrogens with two attached hydrogens (primary N) is 1. The molecule has 1 atom stereocenters. The molecule has 1 unspecified atom stereocenters. The highest BCUT2D eigenvalue weighted by Gasteiger charge is 1.98. The summed E-state index contributed by atoms with van der Waals surface area (Å²) in [6, 6.07) is 4.13. The summed E-state index contributed by atoms with van der Waals surface area (Å²) in [6.07, 6.45) is 1.66. The SMILES string of the molecule is CC(CN)NCc1cccnn1. The van der Waals surface area contributed by atoms with E-state index in [0.29, 0.717) is 12.6 Å². The molecule has 0 aliphatic carbocycles. The molecule has 0 saturated carbocycles. The van der Waals surface area contributed by atoms with E-state index in [0.717, 1.165) is 12.2 Å². The fraction of sp³-hybridized carbons (Fsp3) is 0.500. The van der Waals surface area contributed by atoms with Gasteiger partial charge < -0.3 is 11.1 Å². The monoisotopic (exact) mass is 166 g/mol. The standard InChI is InChI=1S/C8H14N4/c1-7(5-9)10-6-8-3-2-4-11-12-8/h2-4,7,10H,5-6,9H2,1H3. The normalized spacial score (nSPS) is 12.8. The van der Waals surface area contributed by atoms with E-state index < -0.39 is 0 Å². The number of hydrogen-bond acceptors (Lipinski definition) is 4. The Morgan fingerprint density at radius 2 is 2.50 bits per heavy atom. The molecular formula is C8H14N4. The number of nitrogens with zero attached hydrogens (tertiary/aromatic N) is 2. The van der Waals surface area contributed by atoms with Crippen LogP contribution in [-0.2, 0) is 6.54 Å². The van der Waals surface area contributed by atoms with Gasteiger partial charge >= 0.3 is 0 Å². The van der Waals surface area contributed by atoms with E-state index in [-0.39, 0.29) is 0 Å². The molecule has 66 valence electrons. The lowest BCUT2D eigenvalue weighted by atomic mass is 10.3. The van der Waals surface area contributed by atoms with Gasteiger partial charge in [0.05, 0.1) is 5.69 Å². The van der Waals surface area contributed by atoms with Gasteiger partial charge in [0.25, 0.3) is 0 Å². The predicted octanol–water partition coefficient (Wildman–Crippen LogP) is -0.0866. The molecule has 1 heterocycles. The first-order valence-corrected chi connectivity index (χ1v) is 4.03. The van der Waals surface area contributed by atoms with Crippen molar-refractivity contribution in [2.45, 2.75) is 19.5 Å². The van der Waals surface area contributed by atoms with Gasteiger partial charge in [0.2, 0.25) is 0 Å². The first-order valence-electron chi connectivity index (χ1n) is 4.03. The third-order valence-corrected chi connectivity index (χ3v) is 1.61. The molecule has 0 bridgehead atoms. The van der Waals surface area contributed by atoms with Crippen LogP contribution in [0.1, 0.15) is 12.6 Å². The van der Waals surface area contributed by atoms with E-state index in [9.17, 15) is 0 Å². The topological polar surface area (TPSA) is 63.8 Å². The summed E-state index contributed by atoms with van der Waals surface area (Å²) < 4.78 is 0. The minimum Gasteiger partial charge on any atom is -0.329 e. The van der Waals surface area contributed by atoms with E-state index in [1.807, 2.05) is 19.1 Å². The van der Waals surface area contributed by atoms with Crippen LogP contribution >= 0.6 is 0 Å². The zero-order valence-electron chi connectivity index (χ0n) is 7.20. The summed E-state index contributed by atoms with van der Waals surface area (Å²) in [4.78, 5) is 0. The van der Waals surface area contributed by atoms with E-state index in [1.54, 1.807) is 6.20 Å². The Morgan fingerprint density at radius 3 is 3.08 bits per heavy atom. The minimum atomic E-state index is 0.326. The van der Waals surface area contributed by atoms with E-state index in [4.69, 9.17) is 5.73 Å². The van der Waals surface area contributed by atoms with Crippen molar-refractivity contribution in [1.82, 2.24) is 15.5 Å². The maximum atomic E-state index is 5.44. The Balaban J connectivity index is 2.33. The molecule has 0 amide bonds. The Kier molecular flexibility index (Phi) is 3.63. The van der Waals surface area contributed by atoms with Crippen molar-refractivity contribution in [2.24, 2.45) is 5.73 Å². The van der Waals surface area contributed by atoms with Crippen LogP contribution in [0.2, 0.25) is 0 Å². The minimum absolute atomic E-state index is 0.326. The molecule has 4 nitrogen and oxygen atoms in total. The molecule has 1 aromatic heterocycles. The Morgan fingerprint density at radius 1 is 1.67 bits per heavy atom. The highest BCUT2D eigenvalue weighted by atomic mass is 15.1. The molecule has 0 radical (unpaired) electrons. The quantitative estimate of drug-likeness (QED) is 0.656. The zero-order valence-corrected chi connectivity index (χ0v) is 7.20. The Hall–Kier alpha value is -1.00. The third kappa shape index (κ3) is 2.94. The van der Waals surface area contributed by atoms with Gasteiger partial charge in [0.15, 0.2) is 0 Å². The van der Waals surface area contributed by atoms with Crippen molar-refractivity contribution in [2.75, 3.05) is 6.54 Å². The van der Waals surface area contributed by atoms with E-state index in [1.165, 1.54) is 0 Å². The van der Waals surface area contributed by atoms with E-state index in [2.05, 4.69) is 15.5 Å². The number of rotatable bonds is 4. The first-order chi connectivity index (χ1) is 5.83. The van der Waals surface area contributed by atoms with Crippen LogP contribution in [0.3, 0.4) is 0 Å². The number of nitrogens with one attached hydrogen (secondary N) is 1. The van der Waals surface area contributed by atoms with E-state index >= 15 is 0 Å². The molecule has 1 rings (SSSR count). The van der Waals surface area contributed by atoms with Crippen molar-refractivity contribution >= 4 is 0 Å². The predicted molar refractivity (Wildman–Crippen MR) is 47.4 cm³/mol. The molecule has 0 saturated heterocycles. The van der Waals surface area contributed by atoms with Crippen molar-refractivity contribution < 1.29 is 0 Å². The van der Waals surface area contributed by atoms with Gasteiger partial charge in [-0.2, -0.15) is 10.2 Å². The highest BCUT2D eigenvalue weighted by molar-refractivity contribution is 4.98. The summed E-state index contributed by atoms with van der Waals surface area (Å²) in [6.45, 7) is 3.41. The number of aromatic nitrogens is 2. The average molecular weight is 166 g/mol. The molecule has 0 aliphatic rings. The van der Waals surface area contributed by atoms with Gasteiger partial charge in [-0.3, -0.25) is 0 Å². The summed E-state index contributed by atoms with van der Waals surface area (Å²) in [5, 5.41) is 10.9. The fourth-order valence-corrected chi connectivity index (χ4v) is 0.790. The zero-order chi connectivity index (χ0) is 8.81. The lowest BCUT2D eigenvalue weighted by Crippen LogP contribution is -2.32. The van der Waals surface area contributed by atoms with Crippen LogP contribution in [0.25, 0.3) is 0 Å². The summed E-state index contributed by atoms with van der Waals surface area (Å²) in [5.41, 5.74) is 6.38. The average Bonchev–Trinajstić information content (AvgIpc) is 2.16. The van der Waals surface area contributed by atoms with Crippen molar-refractivity contribution in [3.8, 4) is 0 Å². The van der Waals surface area contributed by atoms with Gasteiger partial charge in [-0.05, 0) is 19.1 Å². The summed E-state index contributed by atoms with van der Waals surface area (Å²) in [5.74, 6) is 0. The molecule has 3 N–H and O–H groups in total. The van der Waals surface area contributed by atoms with Gasteiger partial charge in [-0.1, -0.05) is 0 Å². The van der Waals surface area contributed by atoms with Crippen molar-refractivity contribution in [3.63, 3.8) is 0 Å². The first kappa shape index (κ1) is 9.09. The Bertz CT molecular complexity index is 212. The molecule has 0 aliphatic heterocycles. The van der Waals surface area contributed by atoms with Gasteiger partial charge in [0.1, 0.15) is 0 Å². The molecule has 12 heavy (non-hydrogen) atoms. The van der Waals surface area contributed by atoms with Gasteiger partial charge in [0, 0.05) is 25.3 Å². The smallest absolute Gasteiger partial charge is 0.0769 e. The lowest BCUT2D eigenvalue weighted by molar-refractivity contribution is 0.547. The third-order valence-electron chi connectivity index (χ3n) is 1.61. The largest absolute Gasteiger partial charge is 0.329 e. The number of hydrogen-bond donors (Lipinski definition) is 2. The van der Waals surface area contributed by atoms with Crippen LogP contribution in [0.4, 0.5) is 0 Å². The van der Waals surface area contributed by atoms with Crippen molar-refractivity contribution in [1.29, 1.82) is 0 Å². The van der Waals surface area contributed by atoms with Crippen LogP contribution < -0.4 is 11.1 Å². The second-order valence-corrected chi connectivity index (χ2v) is 2.73. The second-order valence-electron chi connectivity index (χ2n) is 2.73. The molecule has 0 spiro atoms. The molecule has 0 fully saturated rings. The second kappa shape index (κ2) is 4.79.